The molecule has 2 aliphatic rings. The Kier molecular flexibility index (Phi) is 3.60. The van der Waals surface area contributed by atoms with E-state index in [1.807, 2.05) is 0 Å². The molecule has 1 saturated heterocycles. The van der Waals surface area contributed by atoms with Gasteiger partial charge in [0.15, 0.2) is 0 Å². The highest BCUT2D eigenvalue weighted by Gasteiger charge is 2.37. The van der Waals surface area contributed by atoms with Gasteiger partial charge in [-0.1, -0.05) is 33.6 Å². The Morgan fingerprint density at radius 3 is 2.31 bits per heavy atom. The minimum atomic E-state index is -0.0255. The predicted molar refractivity (Wildman–Crippen MR) is 67.3 cm³/mol. The molecule has 0 aromatic rings. The molecule has 0 aromatic heterocycles. The van der Waals surface area contributed by atoms with Gasteiger partial charge in [-0.2, -0.15) is 0 Å². The zero-order valence-electron chi connectivity index (χ0n) is 11.1. The zero-order valence-corrected chi connectivity index (χ0v) is 11.1. The second-order valence-electron chi connectivity index (χ2n) is 6.89. The topological polar surface area (TPSA) is 23.5 Å². The van der Waals surface area contributed by atoms with E-state index in [0.717, 1.165) is 18.9 Å². The van der Waals surface area contributed by atoms with E-state index < -0.39 is 0 Å². The molecule has 0 radical (unpaired) electrons. The Balaban J connectivity index is 1.72. The summed E-state index contributed by atoms with van der Waals surface area (Å²) in [5.74, 6) is 1.41. The summed E-state index contributed by atoms with van der Waals surface area (Å²) in [5.41, 5.74) is 0.460. The first kappa shape index (κ1) is 12.4. The largest absolute Gasteiger partial charge is 0.393 e. The van der Waals surface area contributed by atoms with Crippen LogP contribution in [0.1, 0.15) is 46.5 Å². The Morgan fingerprint density at radius 1 is 1.12 bits per heavy atom. The molecule has 2 nitrogen and oxygen atoms in total. The summed E-state index contributed by atoms with van der Waals surface area (Å²) in [5, 5.41) is 9.94. The fourth-order valence-corrected chi connectivity index (χ4v) is 3.00. The van der Waals surface area contributed by atoms with E-state index >= 15 is 0 Å². The lowest BCUT2D eigenvalue weighted by molar-refractivity contribution is -0.0182. The number of aliphatic hydroxyl groups is 1. The maximum atomic E-state index is 9.94. The molecule has 1 N–H and O–H groups in total. The fraction of sp³-hybridized carbons (Fsp3) is 1.00. The van der Waals surface area contributed by atoms with E-state index in [4.69, 9.17) is 0 Å². The average molecular weight is 225 g/mol. The van der Waals surface area contributed by atoms with Gasteiger partial charge in [-0.15, -0.1) is 0 Å². The summed E-state index contributed by atoms with van der Waals surface area (Å²) < 4.78 is 0. The molecule has 1 heterocycles. The van der Waals surface area contributed by atoms with Gasteiger partial charge in [0.05, 0.1) is 6.10 Å². The number of hydrogen-bond acceptors (Lipinski definition) is 2. The Labute approximate surface area is 100 Å². The maximum Gasteiger partial charge on any atom is 0.0580 e. The maximum absolute atomic E-state index is 9.94. The summed E-state index contributed by atoms with van der Waals surface area (Å²) in [7, 11) is 0. The van der Waals surface area contributed by atoms with Gasteiger partial charge < -0.3 is 10.0 Å². The van der Waals surface area contributed by atoms with Crippen LogP contribution in [-0.2, 0) is 0 Å². The van der Waals surface area contributed by atoms with E-state index in [2.05, 4.69) is 25.7 Å². The van der Waals surface area contributed by atoms with E-state index in [1.165, 1.54) is 32.4 Å². The smallest absolute Gasteiger partial charge is 0.0580 e. The Morgan fingerprint density at radius 2 is 1.75 bits per heavy atom. The second kappa shape index (κ2) is 4.66. The van der Waals surface area contributed by atoms with E-state index in [1.54, 1.807) is 0 Å². The molecular formula is C14H27NO. The molecule has 0 aromatic carbocycles. The van der Waals surface area contributed by atoms with Crippen molar-refractivity contribution in [3.05, 3.63) is 0 Å². The van der Waals surface area contributed by atoms with Crippen LogP contribution in [0.3, 0.4) is 0 Å². The van der Waals surface area contributed by atoms with Crippen LogP contribution in [0.4, 0.5) is 0 Å². The van der Waals surface area contributed by atoms with Crippen LogP contribution in [-0.4, -0.2) is 35.7 Å². The van der Waals surface area contributed by atoms with Crippen molar-refractivity contribution >= 4 is 0 Å². The van der Waals surface area contributed by atoms with E-state index in [-0.39, 0.29) is 6.10 Å². The van der Waals surface area contributed by atoms with Crippen LogP contribution in [0, 0.1) is 17.3 Å². The molecule has 1 aliphatic heterocycles. The van der Waals surface area contributed by atoms with Crippen molar-refractivity contribution in [1.29, 1.82) is 0 Å². The summed E-state index contributed by atoms with van der Waals surface area (Å²) in [6, 6.07) is 0. The molecule has 2 rings (SSSR count). The first-order valence-electron chi connectivity index (χ1n) is 6.87. The van der Waals surface area contributed by atoms with Gasteiger partial charge in [0.1, 0.15) is 0 Å². The summed E-state index contributed by atoms with van der Waals surface area (Å²) in [6.07, 6.45) is 4.78. The summed E-state index contributed by atoms with van der Waals surface area (Å²) in [6.45, 7) is 10.6. The molecule has 0 bridgehead atoms. The number of rotatable bonds is 2. The molecule has 2 heteroatoms. The number of likely N-dealkylation sites (tertiary alicyclic amines) is 1. The highest BCUT2D eigenvalue weighted by atomic mass is 16.3. The van der Waals surface area contributed by atoms with Crippen LogP contribution >= 0.6 is 0 Å². The number of nitrogens with zero attached hydrogens (tertiary/aromatic N) is 1. The highest BCUT2D eigenvalue weighted by Crippen LogP contribution is 2.35. The normalized spacial score (nSPS) is 33.8. The lowest BCUT2D eigenvalue weighted by atomic mass is 9.75. The molecule has 0 spiro atoms. The van der Waals surface area contributed by atoms with Crippen LogP contribution in [0.5, 0.6) is 0 Å². The van der Waals surface area contributed by atoms with Crippen molar-refractivity contribution in [1.82, 2.24) is 4.90 Å². The summed E-state index contributed by atoms with van der Waals surface area (Å²) in [4.78, 5) is 2.54. The van der Waals surface area contributed by atoms with Crippen LogP contribution < -0.4 is 0 Å². The van der Waals surface area contributed by atoms with Crippen LogP contribution in [0.15, 0.2) is 0 Å². The zero-order chi connectivity index (χ0) is 11.8. The van der Waals surface area contributed by atoms with Crippen LogP contribution in [0.2, 0.25) is 0 Å². The van der Waals surface area contributed by atoms with Crippen molar-refractivity contribution in [3.63, 3.8) is 0 Å². The lowest BCUT2D eigenvalue weighted by Crippen LogP contribution is -2.54. The van der Waals surface area contributed by atoms with Gasteiger partial charge in [0.25, 0.3) is 0 Å². The molecule has 2 atom stereocenters. The first-order chi connectivity index (χ1) is 7.47. The van der Waals surface area contributed by atoms with Gasteiger partial charge in [0.2, 0.25) is 0 Å². The average Bonchev–Trinajstić information content (AvgIpc) is 2.11. The molecule has 94 valence electrons. The van der Waals surface area contributed by atoms with Crippen molar-refractivity contribution in [3.8, 4) is 0 Å². The predicted octanol–water partition coefficient (Wildman–Crippen LogP) is 2.52. The standard InChI is InChI=1S/C14H27NO/c1-14(2,3)12-9-15(10-12)8-11-6-4-5-7-13(11)16/h11-13,16H,4-10H2,1-3H3. The fourth-order valence-electron chi connectivity index (χ4n) is 3.00. The third-order valence-corrected chi connectivity index (χ3v) is 4.54. The number of aliphatic hydroxyl groups excluding tert-OH is 1. The molecule has 2 fully saturated rings. The highest BCUT2D eigenvalue weighted by molar-refractivity contribution is 4.90. The van der Waals surface area contributed by atoms with Gasteiger partial charge in [-0.25, -0.2) is 0 Å². The van der Waals surface area contributed by atoms with Gasteiger partial charge >= 0.3 is 0 Å². The Bertz CT molecular complexity index is 227. The minimum Gasteiger partial charge on any atom is -0.393 e. The van der Waals surface area contributed by atoms with Crippen molar-refractivity contribution in [2.75, 3.05) is 19.6 Å². The second-order valence-corrected chi connectivity index (χ2v) is 6.89. The molecule has 1 aliphatic carbocycles. The summed E-state index contributed by atoms with van der Waals surface area (Å²) >= 11 is 0. The van der Waals surface area contributed by atoms with Crippen molar-refractivity contribution < 1.29 is 5.11 Å². The molecule has 2 unspecified atom stereocenters. The van der Waals surface area contributed by atoms with Gasteiger partial charge in [0, 0.05) is 19.6 Å². The number of hydrogen-bond donors (Lipinski definition) is 1. The molecule has 0 amide bonds. The third-order valence-electron chi connectivity index (χ3n) is 4.54. The van der Waals surface area contributed by atoms with Crippen molar-refractivity contribution in [2.45, 2.75) is 52.6 Å². The van der Waals surface area contributed by atoms with E-state index in [9.17, 15) is 5.11 Å². The van der Waals surface area contributed by atoms with Crippen LogP contribution in [0.25, 0.3) is 0 Å². The van der Waals surface area contributed by atoms with Crippen molar-refractivity contribution in [2.24, 2.45) is 17.3 Å². The van der Waals surface area contributed by atoms with E-state index in [0.29, 0.717) is 11.3 Å². The first-order valence-corrected chi connectivity index (χ1v) is 6.87. The van der Waals surface area contributed by atoms with Gasteiger partial charge in [-0.05, 0) is 30.1 Å². The minimum absolute atomic E-state index is 0.0255. The quantitative estimate of drug-likeness (QED) is 0.780. The Hall–Kier alpha value is -0.0800. The molecule has 16 heavy (non-hydrogen) atoms. The molecular weight excluding hydrogens is 198 g/mol. The SMILES string of the molecule is CC(C)(C)C1CN(CC2CCCCC2O)C1. The molecule has 1 saturated carbocycles. The monoisotopic (exact) mass is 225 g/mol. The lowest BCUT2D eigenvalue weighted by Gasteiger charge is -2.48. The van der Waals surface area contributed by atoms with Gasteiger partial charge in [-0.3, -0.25) is 0 Å². The third kappa shape index (κ3) is 2.78.